The average Bonchev–Trinajstić information content (AvgIpc) is 3.23. The predicted molar refractivity (Wildman–Crippen MR) is 95.3 cm³/mol. The molecule has 0 bridgehead atoms. The standard InChI is InChI=1S/C18H23N7/c1-13-9-16(25-7-5-14(2)23-25)4-3-15(13)10-20-12-18-22-21-17-11-19-6-8-24(17)18/h3-5,7,9,19-20H,6,8,10-12H2,1-2H3. The van der Waals surface area contributed by atoms with Crippen molar-refractivity contribution in [1.82, 2.24) is 35.2 Å². The minimum Gasteiger partial charge on any atom is -0.312 e. The number of fused-ring (bicyclic) bond motifs is 1. The Labute approximate surface area is 147 Å². The van der Waals surface area contributed by atoms with E-state index in [1.165, 1.54) is 11.1 Å². The van der Waals surface area contributed by atoms with Gasteiger partial charge in [-0.15, -0.1) is 10.2 Å². The molecule has 0 spiro atoms. The lowest BCUT2D eigenvalue weighted by atomic mass is 10.1. The molecule has 2 N–H and O–H groups in total. The zero-order valence-electron chi connectivity index (χ0n) is 14.7. The summed E-state index contributed by atoms with van der Waals surface area (Å²) in [5, 5.41) is 19.8. The molecular weight excluding hydrogens is 314 g/mol. The van der Waals surface area contributed by atoms with Gasteiger partial charge >= 0.3 is 0 Å². The fraction of sp³-hybridized carbons (Fsp3) is 0.389. The summed E-state index contributed by atoms with van der Waals surface area (Å²) in [5.41, 5.74) is 4.65. The Bertz CT molecular complexity index is 877. The maximum atomic E-state index is 4.47. The Kier molecular flexibility index (Phi) is 4.33. The van der Waals surface area contributed by atoms with Crippen molar-refractivity contribution >= 4 is 0 Å². The topological polar surface area (TPSA) is 72.6 Å². The Morgan fingerprint density at radius 2 is 2.08 bits per heavy atom. The van der Waals surface area contributed by atoms with Gasteiger partial charge in [0.15, 0.2) is 0 Å². The van der Waals surface area contributed by atoms with Gasteiger partial charge in [-0.1, -0.05) is 6.07 Å². The van der Waals surface area contributed by atoms with Crippen LogP contribution in [0.3, 0.4) is 0 Å². The van der Waals surface area contributed by atoms with Gasteiger partial charge in [-0.25, -0.2) is 4.68 Å². The smallest absolute Gasteiger partial charge is 0.147 e. The average molecular weight is 337 g/mol. The van der Waals surface area contributed by atoms with Gasteiger partial charge < -0.3 is 15.2 Å². The third-order valence-electron chi connectivity index (χ3n) is 4.61. The second-order valence-electron chi connectivity index (χ2n) is 6.48. The quantitative estimate of drug-likeness (QED) is 0.738. The summed E-state index contributed by atoms with van der Waals surface area (Å²) in [4.78, 5) is 0. The lowest BCUT2D eigenvalue weighted by molar-refractivity contribution is 0.485. The van der Waals surface area contributed by atoms with Crippen LogP contribution in [0.25, 0.3) is 5.69 Å². The Morgan fingerprint density at radius 1 is 1.16 bits per heavy atom. The van der Waals surface area contributed by atoms with Gasteiger partial charge in [0.25, 0.3) is 0 Å². The molecule has 7 heteroatoms. The highest BCUT2D eigenvalue weighted by atomic mass is 15.3. The van der Waals surface area contributed by atoms with Gasteiger partial charge in [0.05, 0.1) is 24.5 Å². The molecule has 0 aliphatic carbocycles. The van der Waals surface area contributed by atoms with Crippen LogP contribution in [0.5, 0.6) is 0 Å². The highest BCUT2D eigenvalue weighted by Crippen LogP contribution is 2.15. The van der Waals surface area contributed by atoms with Crippen LogP contribution in [0.15, 0.2) is 30.5 Å². The summed E-state index contributed by atoms with van der Waals surface area (Å²) in [6.45, 7) is 8.40. The molecule has 1 aliphatic heterocycles. The van der Waals surface area contributed by atoms with Crippen molar-refractivity contribution < 1.29 is 0 Å². The molecule has 3 heterocycles. The van der Waals surface area contributed by atoms with E-state index in [0.29, 0.717) is 0 Å². The highest BCUT2D eigenvalue weighted by Gasteiger charge is 2.14. The third-order valence-corrected chi connectivity index (χ3v) is 4.61. The van der Waals surface area contributed by atoms with Gasteiger partial charge in [0.1, 0.15) is 11.6 Å². The summed E-state index contributed by atoms with van der Waals surface area (Å²) in [5.74, 6) is 2.04. The molecule has 2 aromatic heterocycles. The van der Waals surface area contributed by atoms with E-state index in [2.05, 4.69) is 55.6 Å². The van der Waals surface area contributed by atoms with Crippen molar-refractivity contribution in [3.63, 3.8) is 0 Å². The minimum atomic E-state index is 0.729. The Balaban J connectivity index is 1.40. The molecule has 1 aromatic carbocycles. The van der Waals surface area contributed by atoms with E-state index in [0.717, 1.165) is 55.8 Å². The van der Waals surface area contributed by atoms with Crippen molar-refractivity contribution in [3.05, 3.63) is 58.9 Å². The van der Waals surface area contributed by atoms with Gasteiger partial charge in [0.2, 0.25) is 0 Å². The molecular formula is C18H23N7. The molecule has 0 amide bonds. The number of aryl methyl sites for hydroxylation is 2. The molecule has 0 saturated carbocycles. The fourth-order valence-electron chi connectivity index (χ4n) is 3.17. The van der Waals surface area contributed by atoms with Crippen molar-refractivity contribution in [2.24, 2.45) is 0 Å². The van der Waals surface area contributed by atoms with Gasteiger partial charge in [-0.05, 0) is 43.2 Å². The number of benzene rings is 1. The molecule has 0 fully saturated rings. The first-order valence-corrected chi connectivity index (χ1v) is 8.65. The van der Waals surface area contributed by atoms with E-state index < -0.39 is 0 Å². The van der Waals surface area contributed by atoms with Crippen LogP contribution in [0.4, 0.5) is 0 Å². The van der Waals surface area contributed by atoms with E-state index in [9.17, 15) is 0 Å². The monoisotopic (exact) mass is 337 g/mol. The molecule has 1 aliphatic rings. The van der Waals surface area contributed by atoms with E-state index >= 15 is 0 Å². The van der Waals surface area contributed by atoms with E-state index in [1.54, 1.807) is 0 Å². The summed E-state index contributed by atoms with van der Waals surface area (Å²) in [6, 6.07) is 8.46. The lowest BCUT2D eigenvalue weighted by Gasteiger charge is -2.16. The minimum absolute atomic E-state index is 0.729. The SMILES string of the molecule is Cc1ccn(-c2ccc(CNCc3nnc4n3CCNC4)c(C)c2)n1. The van der Waals surface area contributed by atoms with Crippen LogP contribution in [0.1, 0.15) is 28.5 Å². The van der Waals surface area contributed by atoms with E-state index in [4.69, 9.17) is 0 Å². The zero-order valence-corrected chi connectivity index (χ0v) is 14.7. The first-order valence-electron chi connectivity index (χ1n) is 8.65. The number of hydrogen-bond donors (Lipinski definition) is 2. The lowest BCUT2D eigenvalue weighted by Crippen LogP contribution is -2.30. The molecule has 0 radical (unpaired) electrons. The van der Waals surface area contributed by atoms with Crippen LogP contribution >= 0.6 is 0 Å². The van der Waals surface area contributed by atoms with Crippen LogP contribution < -0.4 is 10.6 Å². The predicted octanol–water partition coefficient (Wildman–Crippen LogP) is 1.47. The number of nitrogens with zero attached hydrogens (tertiary/aromatic N) is 5. The number of hydrogen-bond acceptors (Lipinski definition) is 5. The molecule has 4 rings (SSSR count). The first-order chi connectivity index (χ1) is 12.2. The molecule has 7 nitrogen and oxygen atoms in total. The maximum Gasteiger partial charge on any atom is 0.147 e. The van der Waals surface area contributed by atoms with Crippen LogP contribution in [0.2, 0.25) is 0 Å². The van der Waals surface area contributed by atoms with Crippen LogP contribution in [0, 0.1) is 13.8 Å². The second kappa shape index (κ2) is 6.78. The van der Waals surface area contributed by atoms with Gasteiger partial charge in [0, 0.05) is 25.8 Å². The second-order valence-corrected chi connectivity index (χ2v) is 6.48. The van der Waals surface area contributed by atoms with Crippen LogP contribution in [-0.2, 0) is 26.2 Å². The molecule has 25 heavy (non-hydrogen) atoms. The van der Waals surface area contributed by atoms with E-state index in [1.807, 2.05) is 23.9 Å². The fourth-order valence-corrected chi connectivity index (χ4v) is 3.17. The molecule has 130 valence electrons. The largest absolute Gasteiger partial charge is 0.312 e. The molecule has 0 atom stereocenters. The van der Waals surface area contributed by atoms with Crippen molar-refractivity contribution in [2.45, 2.75) is 40.0 Å². The third kappa shape index (κ3) is 3.33. The van der Waals surface area contributed by atoms with Crippen molar-refractivity contribution in [1.29, 1.82) is 0 Å². The Morgan fingerprint density at radius 3 is 2.88 bits per heavy atom. The number of nitrogens with one attached hydrogen (secondary N) is 2. The van der Waals surface area contributed by atoms with Crippen molar-refractivity contribution in [3.8, 4) is 5.69 Å². The van der Waals surface area contributed by atoms with Gasteiger partial charge in [-0.2, -0.15) is 5.10 Å². The van der Waals surface area contributed by atoms with Crippen LogP contribution in [-0.4, -0.2) is 31.1 Å². The van der Waals surface area contributed by atoms with Gasteiger partial charge in [-0.3, -0.25) is 0 Å². The zero-order chi connectivity index (χ0) is 17.2. The normalized spacial score (nSPS) is 13.8. The van der Waals surface area contributed by atoms with E-state index in [-0.39, 0.29) is 0 Å². The molecule has 0 saturated heterocycles. The highest BCUT2D eigenvalue weighted by molar-refractivity contribution is 5.39. The molecule has 3 aromatic rings. The number of aromatic nitrogens is 5. The number of rotatable bonds is 5. The molecule has 0 unspecified atom stereocenters. The summed E-state index contributed by atoms with van der Waals surface area (Å²) in [7, 11) is 0. The van der Waals surface area contributed by atoms with Crippen molar-refractivity contribution in [2.75, 3.05) is 6.54 Å². The first kappa shape index (κ1) is 16.0. The summed E-state index contributed by atoms with van der Waals surface area (Å²) in [6.07, 6.45) is 1.99. The maximum absolute atomic E-state index is 4.47. The Hall–Kier alpha value is -2.51. The summed E-state index contributed by atoms with van der Waals surface area (Å²) >= 11 is 0. The summed E-state index contributed by atoms with van der Waals surface area (Å²) < 4.78 is 4.12.